The average molecular weight is 455 g/mol. The van der Waals surface area contributed by atoms with Crippen LogP contribution in [-0.4, -0.2) is 40.2 Å². The third-order valence-corrected chi connectivity index (χ3v) is 4.83. The average Bonchev–Trinajstić information content (AvgIpc) is 2.77. The second-order valence-corrected chi connectivity index (χ2v) is 7.20. The molecule has 0 saturated carbocycles. The molecule has 0 spiro atoms. The molecule has 0 radical (unpaired) electrons. The maximum Gasteiger partial charge on any atom is 0.433 e. The van der Waals surface area contributed by atoms with Crippen LogP contribution in [0.2, 0.25) is 0 Å². The van der Waals surface area contributed by atoms with Crippen LogP contribution in [0.5, 0.6) is 5.88 Å². The summed E-state index contributed by atoms with van der Waals surface area (Å²) < 4.78 is 49.3. The zero-order valence-electron chi connectivity index (χ0n) is 17.2. The lowest BCUT2D eigenvalue weighted by Crippen LogP contribution is -2.38. The quantitative estimate of drug-likeness (QED) is 0.624. The summed E-state index contributed by atoms with van der Waals surface area (Å²) in [5.74, 6) is -0.551. The maximum absolute atomic E-state index is 12.9. The number of alkyl halides is 3. The van der Waals surface area contributed by atoms with E-state index < -0.39 is 17.8 Å². The van der Waals surface area contributed by atoms with Crippen molar-refractivity contribution in [3.63, 3.8) is 0 Å². The van der Waals surface area contributed by atoms with E-state index in [1.54, 1.807) is 19.1 Å². The lowest BCUT2D eigenvalue weighted by atomic mass is 10.0. The molecule has 4 rings (SSSR count). The number of nitrogens with zero attached hydrogens (tertiary/aromatic N) is 4. The summed E-state index contributed by atoms with van der Waals surface area (Å²) >= 11 is 0. The fraction of sp³-hybridized carbons (Fsp3) is 0.227. The number of nitriles is 1. The number of aryl methyl sites for hydroxylation is 1. The van der Waals surface area contributed by atoms with Crippen molar-refractivity contribution in [3.05, 3.63) is 65.4 Å². The summed E-state index contributed by atoms with van der Waals surface area (Å²) in [5, 5.41) is 12.0. The Labute approximate surface area is 186 Å². The van der Waals surface area contributed by atoms with Gasteiger partial charge in [0.25, 0.3) is 5.91 Å². The number of halogens is 3. The molecule has 0 unspecified atom stereocenters. The van der Waals surface area contributed by atoms with Crippen molar-refractivity contribution in [2.24, 2.45) is 0 Å². The minimum atomic E-state index is -4.66. The van der Waals surface area contributed by atoms with E-state index in [9.17, 15) is 23.2 Å². The van der Waals surface area contributed by atoms with E-state index in [-0.39, 0.29) is 28.8 Å². The van der Waals surface area contributed by atoms with Gasteiger partial charge in [0.05, 0.1) is 25.1 Å². The zero-order valence-corrected chi connectivity index (χ0v) is 17.2. The Morgan fingerprint density at radius 1 is 1.21 bits per heavy atom. The molecule has 1 aliphatic rings. The first-order valence-corrected chi connectivity index (χ1v) is 9.71. The van der Waals surface area contributed by atoms with E-state index >= 15 is 0 Å². The molecule has 0 aliphatic carbocycles. The molecule has 168 valence electrons. The van der Waals surface area contributed by atoms with Gasteiger partial charge in [0.2, 0.25) is 5.88 Å². The van der Waals surface area contributed by atoms with Crippen LogP contribution < -0.4 is 10.1 Å². The van der Waals surface area contributed by atoms with Crippen LogP contribution in [0.25, 0.3) is 11.1 Å². The van der Waals surface area contributed by atoms with Crippen molar-refractivity contribution in [1.29, 1.82) is 5.26 Å². The highest BCUT2D eigenvalue weighted by atomic mass is 19.4. The number of nitrogens with one attached hydrogen (secondary N) is 1. The van der Waals surface area contributed by atoms with E-state index in [4.69, 9.17) is 9.47 Å². The number of carbonyl (C=O) groups excluding carboxylic acids is 1. The number of hydrogen-bond donors (Lipinski definition) is 1. The highest BCUT2D eigenvalue weighted by Gasteiger charge is 2.33. The first kappa shape index (κ1) is 22.2. The van der Waals surface area contributed by atoms with Crippen molar-refractivity contribution in [3.8, 4) is 23.1 Å². The smallest absolute Gasteiger partial charge is 0.433 e. The molecule has 11 heteroatoms. The minimum absolute atomic E-state index is 0.150. The Balaban J connectivity index is 1.58. The molecule has 0 aromatic carbocycles. The van der Waals surface area contributed by atoms with Gasteiger partial charge in [-0.1, -0.05) is 0 Å². The normalized spacial score (nSPS) is 13.7. The zero-order chi connectivity index (χ0) is 23.6. The highest BCUT2D eigenvalue weighted by molar-refractivity contribution is 6.04. The fourth-order valence-electron chi connectivity index (χ4n) is 3.04. The van der Waals surface area contributed by atoms with Crippen molar-refractivity contribution >= 4 is 11.6 Å². The number of hydrogen-bond acceptors (Lipinski definition) is 7. The molecule has 0 atom stereocenters. The van der Waals surface area contributed by atoms with Gasteiger partial charge in [-0.25, -0.2) is 4.98 Å². The van der Waals surface area contributed by atoms with E-state index in [1.807, 2.05) is 6.07 Å². The Hall–Kier alpha value is -4.04. The predicted molar refractivity (Wildman–Crippen MR) is 109 cm³/mol. The fourth-order valence-corrected chi connectivity index (χ4v) is 3.04. The molecular formula is C22H16F3N5O3. The number of aromatic nitrogens is 3. The molecule has 3 aromatic rings. The summed E-state index contributed by atoms with van der Waals surface area (Å²) in [6.45, 7) is 2.60. The number of ether oxygens (including phenoxy) is 2. The molecule has 3 aromatic heterocycles. The summed E-state index contributed by atoms with van der Waals surface area (Å²) in [5.41, 5.74) is 0.872. The standard InChI is InChI=1S/C22H16F3N5O3/c1-12-18(15-4-14(7-26)21(29-8-15)33-17-10-32-11-17)6-16(9-28-12)30-20(31)13-2-3-27-19(5-13)22(23,24)25/h2-6,8-9,17H,10-11H2,1H3,(H,30,31). The Morgan fingerprint density at radius 3 is 2.67 bits per heavy atom. The van der Waals surface area contributed by atoms with Crippen molar-refractivity contribution in [1.82, 2.24) is 15.0 Å². The molecule has 1 aliphatic heterocycles. The first-order valence-electron chi connectivity index (χ1n) is 9.71. The number of rotatable bonds is 5. The van der Waals surface area contributed by atoms with E-state index in [1.165, 1.54) is 18.5 Å². The number of pyridine rings is 3. The third-order valence-electron chi connectivity index (χ3n) is 4.83. The van der Waals surface area contributed by atoms with Gasteiger partial charge in [-0.3, -0.25) is 14.8 Å². The number of carbonyl (C=O) groups is 1. The number of anilines is 1. The van der Waals surface area contributed by atoms with Crippen LogP contribution in [0.1, 0.15) is 27.3 Å². The Kier molecular flexibility index (Phi) is 5.93. The largest absolute Gasteiger partial charge is 0.468 e. The highest BCUT2D eigenvalue weighted by Crippen LogP contribution is 2.30. The summed E-state index contributed by atoms with van der Waals surface area (Å²) in [4.78, 5) is 24.2. The molecule has 4 heterocycles. The van der Waals surface area contributed by atoms with Crippen LogP contribution in [0.15, 0.2) is 42.9 Å². The van der Waals surface area contributed by atoms with E-state index in [2.05, 4.69) is 20.3 Å². The molecule has 1 saturated heterocycles. The lowest BCUT2D eigenvalue weighted by molar-refractivity contribution is -0.141. The van der Waals surface area contributed by atoms with Gasteiger partial charge in [-0.05, 0) is 31.2 Å². The molecule has 1 N–H and O–H groups in total. The van der Waals surface area contributed by atoms with Gasteiger partial charge in [0.1, 0.15) is 23.4 Å². The second-order valence-electron chi connectivity index (χ2n) is 7.20. The number of amides is 1. The topological polar surface area (TPSA) is 110 Å². The van der Waals surface area contributed by atoms with E-state index in [0.717, 1.165) is 6.20 Å². The lowest BCUT2D eigenvalue weighted by Gasteiger charge is -2.26. The molecule has 8 nitrogen and oxygen atoms in total. The van der Waals surface area contributed by atoms with Crippen molar-refractivity contribution in [2.75, 3.05) is 18.5 Å². The van der Waals surface area contributed by atoms with Crippen LogP contribution in [0.4, 0.5) is 18.9 Å². The third kappa shape index (κ3) is 4.91. The van der Waals surface area contributed by atoms with E-state index in [0.29, 0.717) is 36.1 Å². The van der Waals surface area contributed by atoms with Gasteiger partial charge in [-0.2, -0.15) is 18.4 Å². The second kappa shape index (κ2) is 8.84. The maximum atomic E-state index is 12.9. The summed E-state index contributed by atoms with van der Waals surface area (Å²) in [7, 11) is 0. The summed E-state index contributed by atoms with van der Waals surface area (Å²) in [6, 6.07) is 7.10. The van der Waals surface area contributed by atoms with Gasteiger partial charge < -0.3 is 14.8 Å². The Morgan fingerprint density at radius 2 is 2.00 bits per heavy atom. The SMILES string of the molecule is Cc1ncc(NC(=O)c2ccnc(C(F)(F)F)c2)cc1-c1cnc(OC2COC2)c(C#N)c1. The first-order chi connectivity index (χ1) is 15.7. The van der Waals surface area contributed by atoms with Crippen LogP contribution in [0, 0.1) is 18.3 Å². The van der Waals surface area contributed by atoms with Gasteiger partial charge in [0.15, 0.2) is 0 Å². The molecule has 0 bridgehead atoms. The van der Waals surface area contributed by atoms with Gasteiger partial charge >= 0.3 is 6.18 Å². The minimum Gasteiger partial charge on any atom is -0.468 e. The summed E-state index contributed by atoms with van der Waals surface area (Å²) in [6.07, 6.45) is -0.991. The predicted octanol–water partition coefficient (Wildman–Crippen LogP) is 3.77. The van der Waals surface area contributed by atoms with Crippen LogP contribution in [-0.2, 0) is 10.9 Å². The van der Waals surface area contributed by atoms with Gasteiger partial charge in [-0.15, -0.1) is 0 Å². The van der Waals surface area contributed by atoms with Gasteiger partial charge in [0, 0.05) is 34.8 Å². The monoisotopic (exact) mass is 455 g/mol. The van der Waals surface area contributed by atoms with Crippen LogP contribution in [0.3, 0.4) is 0 Å². The van der Waals surface area contributed by atoms with Crippen molar-refractivity contribution < 1.29 is 27.4 Å². The van der Waals surface area contributed by atoms with Crippen LogP contribution >= 0.6 is 0 Å². The molecule has 1 amide bonds. The Bertz CT molecular complexity index is 1250. The molecule has 1 fully saturated rings. The van der Waals surface area contributed by atoms with Crippen molar-refractivity contribution in [2.45, 2.75) is 19.2 Å². The molecule has 33 heavy (non-hydrogen) atoms. The molecular weight excluding hydrogens is 439 g/mol.